The second-order valence-electron chi connectivity index (χ2n) is 4.86. The van der Waals surface area contributed by atoms with Gasteiger partial charge in [0.15, 0.2) is 5.82 Å². The molecule has 0 bridgehead atoms. The van der Waals surface area contributed by atoms with E-state index in [1.54, 1.807) is 0 Å². The highest BCUT2D eigenvalue weighted by Crippen LogP contribution is 2.40. The van der Waals surface area contributed by atoms with Crippen molar-refractivity contribution in [2.24, 2.45) is 5.84 Å². The molecule has 1 aliphatic carbocycles. The fourth-order valence-corrected chi connectivity index (χ4v) is 1.82. The number of nitrogens with one attached hydrogen (secondary N) is 1. The minimum absolute atomic E-state index is 0.481. The average Bonchev–Trinajstić information content (AvgIpc) is 3.12. The van der Waals surface area contributed by atoms with Gasteiger partial charge in [0, 0.05) is 24.3 Å². The number of hydrazine groups is 1. The molecule has 0 atom stereocenters. The molecule has 94 valence electrons. The Balaban J connectivity index is 2.34. The maximum atomic E-state index is 5.68. The van der Waals surface area contributed by atoms with Gasteiger partial charge in [0.05, 0.1) is 0 Å². The molecule has 1 heterocycles. The molecule has 0 spiro atoms. The van der Waals surface area contributed by atoms with Crippen LogP contribution in [0.3, 0.4) is 0 Å². The molecule has 0 aromatic carbocycles. The van der Waals surface area contributed by atoms with Gasteiger partial charge in [-0.05, 0) is 33.6 Å². The van der Waals surface area contributed by atoms with Crippen molar-refractivity contribution >= 4 is 5.82 Å². The topological polar surface area (TPSA) is 73.1 Å². The third-order valence-corrected chi connectivity index (χ3v) is 2.93. The van der Waals surface area contributed by atoms with Gasteiger partial charge in [-0.25, -0.2) is 15.8 Å². The Bertz CT molecular complexity index is 401. The Morgan fingerprint density at radius 3 is 2.71 bits per heavy atom. The monoisotopic (exact) mass is 236 g/mol. The SMILES string of the molecule is CCOC(C)(C)c1nc(NN)cc(C2CC2)n1. The summed E-state index contributed by atoms with van der Waals surface area (Å²) in [5, 5.41) is 0. The van der Waals surface area contributed by atoms with E-state index in [0.29, 0.717) is 24.2 Å². The Labute approximate surface area is 102 Å². The van der Waals surface area contributed by atoms with Crippen LogP contribution in [-0.2, 0) is 10.3 Å². The van der Waals surface area contributed by atoms with Gasteiger partial charge in [-0.2, -0.15) is 0 Å². The van der Waals surface area contributed by atoms with E-state index in [1.165, 1.54) is 12.8 Å². The standard InChI is InChI=1S/C12H20N4O/c1-4-17-12(2,3)11-14-9(8-5-6-8)7-10(15-11)16-13/h7-8H,4-6,13H2,1-3H3,(H,14,15,16). The lowest BCUT2D eigenvalue weighted by atomic mass is 10.1. The molecular weight excluding hydrogens is 216 g/mol. The molecule has 5 nitrogen and oxygen atoms in total. The summed E-state index contributed by atoms with van der Waals surface area (Å²) in [6.45, 7) is 6.55. The summed E-state index contributed by atoms with van der Waals surface area (Å²) in [7, 11) is 0. The normalized spacial score (nSPS) is 16.0. The van der Waals surface area contributed by atoms with E-state index in [9.17, 15) is 0 Å². The third-order valence-electron chi connectivity index (χ3n) is 2.93. The first-order valence-corrected chi connectivity index (χ1v) is 6.07. The molecule has 0 radical (unpaired) electrons. The van der Waals surface area contributed by atoms with Crippen molar-refractivity contribution in [3.8, 4) is 0 Å². The predicted molar refractivity (Wildman–Crippen MR) is 66.5 cm³/mol. The van der Waals surface area contributed by atoms with Crippen LogP contribution >= 0.6 is 0 Å². The largest absolute Gasteiger partial charge is 0.368 e. The minimum atomic E-state index is -0.481. The van der Waals surface area contributed by atoms with E-state index in [2.05, 4.69) is 15.4 Å². The summed E-state index contributed by atoms with van der Waals surface area (Å²) in [5.41, 5.74) is 3.18. The molecule has 0 unspecified atom stereocenters. The molecule has 0 saturated heterocycles. The van der Waals surface area contributed by atoms with Crippen LogP contribution in [0.4, 0.5) is 5.82 Å². The number of nitrogen functional groups attached to an aromatic ring is 1. The predicted octanol–water partition coefficient (Wildman–Crippen LogP) is 1.91. The van der Waals surface area contributed by atoms with E-state index in [4.69, 9.17) is 10.6 Å². The first-order valence-electron chi connectivity index (χ1n) is 6.07. The second kappa shape index (κ2) is 4.58. The van der Waals surface area contributed by atoms with Crippen molar-refractivity contribution in [3.63, 3.8) is 0 Å². The Kier molecular flexibility index (Phi) is 3.31. The number of nitrogens with zero attached hydrogens (tertiary/aromatic N) is 2. The highest BCUT2D eigenvalue weighted by Gasteiger charge is 2.30. The average molecular weight is 236 g/mol. The smallest absolute Gasteiger partial charge is 0.162 e. The van der Waals surface area contributed by atoms with Crippen LogP contribution in [0, 0.1) is 0 Å². The molecule has 0 amide bonds. The number of hydrogen-bond donors (Lipinski definition) is 2. The molecule has 17 heavy (non-hydrogen) atoms. The van der Waals surface area contributed by atoms with Crippen molar-refractivity contribution < 1.29 is 4.74 Å². The maximum Gasteiger partial charge on any atom is 0.162 e. The van der Waals surface area contributed by atoms with E-state index >= 15 is 0 Å². The van der Waals surface area contributed by atoms with Gasteiger partial charge in [0.2, 0.25) is 0 Å². The highest BCUT2D eigenvalue weighted by atomic mass is 16.5. The third kappa shape index (κ3) is 2.73. The first-order chi connectivity index (χ1) is 8.06. The van der Waals surface area contributed by atoms with Crippen LogP contribution in [0.1, 0.15) is 51.0 Å². The molecule has 1 aliphatic rings. The van der Waals surface area contributed by atoms with Crippen LogP contribution in [0.5, 0.6) is 0 Å². The molecule has 5 heteroatoms. The molecule has 1 fully saturated rings. The molecule has 1 aromatic rings. The summed E-state index contributed by atoms with van der Waals surface area (Å²) in [6, 6.07) is 1.92. The molecule has 0 aliphatic heterocycles. The van der Waals surface area contributed by atoms with Crippen LogP contribution in [0.25, 0.3) is 0 Å². The van der Waals surface area contributed by atoms with E-state index < -0.39 is 5.60 Å². The van der Waals surface area contributed by atoms with Crippen molar-refractivity contribution in [2.45, 2.75) is 45.1 Å². The molecule has 2 rings (SSSR count). The van der Waals surface area contributed by atoms with Gasteiger partial charge < -0.3 is 10.2 Å². The Hall–Kier alpha value is -1.20. The van der Waals surface area contributed by atoms with Crippen LogP contribution in [0.2, 0.25) is 0 Å². The number of anilines is 1. The van der Waals surface area contributed by atoms with Gasteiger partial charge in [-0.3, -0.25) is 0 Å². The fourth-order valence-electron chi connectivity index (χ4n) is 1.82. The van der Waals surface area contributed by atoms with E-state index in [1.807, 2.05) is 26.8 Å². The van der Waals surface area contributed by atoms with Gasteiger partial charge in [-0.15, -0.1) is 0 Å². The summed E-state index contributed by atoms with van der Waals surface area (Å²) >= 11 is 0. The summed E-state index contributed by atoms with van der Waals surface area (Å²) in [5.74, 6) is 7.36. The van der Waals surface area contributed by atoms with Crippen LogP contribution in [-0.4, -0.2) is 16.6 Å². The van der Waals surface area contributed by atoms with Crippen LogP contribution in [0.15, 0.2) is 6.07 Å². The summed E-state index contributed by atoms with van der Waals surface area (Å²) < 4.78 is 5.68. The second-order valence-corrected chi connectivity index (χ2v) is 4.86. The fraction of sp³-hybridized carbons (Fsp3) is 0.667. The molecule has 1 saturated carbocycles. The van der Waals surface area contributed by atoms with E-state index in [0.717, 1.165) is 5.69 Å². The maximum absolute atomic E-state index is 5.68. The van der Waals surface area contributed by atoms with Gasteiger partial charge in [0.25, 0.3) is 0 Å². The van der Waals surface area contributed by atoms with Crippen molar-refractivity contribution in [1.82, 2.24) is 9.97 Å². The van der Waals surface area contributed by atoms with Gasteiger partial charge >= 0.3 is 0 Å². The number of aromatic nitrogens is 2. The lowest BCUT2D eigenvalue weighted by molar-refractivity contribution is -0.0208. The van der Waals surface area contributed by atoms with Crippen LogP contribution < -0.4 is 11.3 Å². The number of rotatable bonds is 5. The lowest BCUT2D eigenvalue weighted by Gasteiger charge is -2.23. The first kappa shape index (κ1) is 12.3. The van der Waals surface area contributed by atoms with Crippen molar-refractivity contribution in [1.29, 1.82) is 0 Å². The number of hydrogen-bond acceptors (Lipinski definition) is 5. The number of nitrogens with two attached hydrogens (primary N) is 1. The van der Waals surface area contributed by atoms with Gasteiger partial charge in [-0.1, -0.05) is 0 Å². The zero-order chi connectivity index (χ0) is 12.5. The van der Waals surface area contributed by atoms with E-state index in [-0.39, 0.29) is 0 Å². The van der Waals surface area contributed by atoms with Crippen molar-refractivity contribution in [2.75, 3.05) is 12.0 Å². The zero-order valence-corrected chi connectivity index (χ0v) is 10.7. The molecule has 1 aromatic heterocycles. The zero-order valence-electron chi connectivity index (χ0n) is 10.7. The molecule has 3 N–H and O–H groups in total. The lowest BCUT2D eigenvalue weighted by Crippen LogP contribution is -2.26. The summed E-state index contributed by atoms with van der Waals surface area (Å²) in [4.78, 5) is 8.98. The minimum Gasteiger partial charge on any atom is -0.368 e. The molecular formula is C12H20N4O. The van der Waals surface area contributed by atoms with Crippen molar-refractivity contribution in [3.05, 3.63) is 17.6 Å². The van der Waals surface area contributed by atoms with Gasteiger partial charge in [0.1, 0.15) is 11.4 Å². The quantitative estimate of drug-likeness (QED) is 0.603. The highest BCUT2D eigenvalue weighted by molar-refractivity contribution is 5.37. The summed E-state index contributed by atoms with van der Waals surface area (Å²) in [6.07, 6.45) is 2.41. The Morgan fingerprint density at radius 1 is 1.47 bits per heavy atom. The Morgan fingerprint density at radius 2 is 2.18 bits per heavy atom. The number of ether oxygens (including phenoxy) is 1.